The molecule has 0 aromatic heterocycles. The molecule has 1 heterocycles. The van der Waals surface area contributed by atoms with E-state index in [9.17, 15) is 24.8 Å². The van der Waals surface area contributed by atoms with Gasteiger partial charge < -0.3 is 20.3 Å². The number of aromatic carboxylic acids is 1. The van der Waals surface area contributed by atoms with Crippen LogP contribution in [0.3, 0.4) is 0 Å². The van der Waals surface area contributed by atoms with E-state index in [0.29, 0.717) is 11.1 Å². The third-order valence-electron chi connectivity index (χ3n) is 5.31. The van der Waals surface area contributed by atoms with Crippen molar-refractivity contribution in [1.82, 2.24) is 0 Å². The molecule has 0 amide bonds. The van der Waals surface area contributed by atoms with Crippen molar-refractivity contribution in [3.8, 4) is 6.07 Å². The van der Waals surface area contributed by atoms with Gasteiger partial charge in [0, 0.05) is 0 Å². The van der Waals surface area contributed by atoms with E-state index in [4.69, 9.17) is 15.2 Å². The Morgan fingerprint density at radius 2 is 1.70 bits per heavy atom. The fourth-order valence-electron chi connectivity index (χ4n) is 3.75. The van der Waals surface area contributed by atoms with Crippen LogP contribution in [-0.4, -0.2) is 37.2 Å². The number of ether oxygens (including phenoxy) is 2. The Morgan fingerprint density at radius 3 is 2.24 bits per heavy atom. The number of carbonyl (C=O) groups is 3. The minimum absolute atomic E-state index is 0.00520. The van der Waals surface area contributed by atoms with E-state index in [0.717, 1.165) is 14.2 Å². The summed E-state index contributed by atoms with van der Waals surface area (Å²) in [6, 6.07) is 14.9. The minimum Gasteiger partial charge on any atom is -0.478 e. The summed E-state index contributed by atoms with van der Waals surface area (Å²) in [4.78, 5) is 38.8. The third kappa shape index (κ3) is 4.02. The molecule has 0 aliphatic carbocycles. The molecule has 3 rings (SSSR count). The maximum atomic E-state index is 13.0. The Morgan fingerprint density at radius 1 is 1.06 bits per heavy atom. The number of hydrogen-bond donors (Lipinski definition) is 2. The predicted molar refractivity (Wildman–Crippen MR) is 118 cm³/mol. The second kappa shape index (κ2) is 9.28. The van der Waals surface area contributed by atoms with E-state index in [1.807, 2.05) is 6.07 Å². The van der Waals surface area contributed by atoms with Crippen molar-refractivity contribution in [1.29, 1.82) is 5.26 Å². The van der Waals surface area contributed by atoms with Gasteiger partial charge in [-0.2, -0.15) is 5.26 Å². The molecule has 3 N–H and O–H groups in total. The van der Waals surface area contributed by atoms with Crippen molar-refractivity contribution < 1.29 is 29.0 Å². The standard InChI is InChI=1S/C24H21N3O6/c1-13-9-10-15(22(28)29)11-17(13)27-20(24(31)33-3)19(23(30)32-2)18(16(12-25)21(27)26)14-7-5-4-6-8-14/h4-11,18H,26H2,1-3H3,(H,28,29). The molecular weight excluding hydrogens is 426 g/mol. The average Bonchev–Trinajstić information content (AvgIpc) is 2.83. The smallest absolute Gasteiger partial charge is 0.355 e. The summed E-state index contributed by atoms with van der Waals surface area (Å²) in [7, 11) is 2.29. The second-order valence-electron chi connectivity index (χ2n) is 7.14. The highest BCUT2D eigenvalue weighted by Gasteiger charge is 2.43. The van der Waals surface area contributed by atoms with Crippen LogP contribution in [0.1, 0.15) is 27.4 Å². The molecule has 0 spiro atoms. The van der Waals surface area contributed by atoms with E-state index >= 15 is 0 Å². The van der Waals surface area contributed by atoms with Crippen molar-refractivity contribution in [2.24, 2.45) is 5.73 Å². The molecule has 168 valence electrons. The van der Waals surface area contributed by atoms with Gasteiger partial charge in [0.2, 0.25) is 0 Å². The summed E-state index contributed by atoms with van der Waals surface area (Å²) in [5.41, 5.74) is 7.21. The van der Waals surface area contributed by atoms with E-state index in [1.54, 1.807) is 37.3 Å². The fraction of sp³-hybridized carbons (Fsp3) is 0.167. The summed E-state index contributed by atoms with van der Waals surface area (Å²) < 4.78 is 9.93. The molecule has 1 atom stereocenters. The van der Waals surface area contributed by atoms with Gasteiger partial charge in [-0.25, -0.2) is 14.4 Å². The summed E-state index contributed by atoms with van der Waals surface area (Å²) >= 11 is 0. The molecule has 0 saturated carbocycles. The van der Waals surface area contributed by atoms with Crippen molar-refractivity contribution in [3.63, 3.8) is 0 Å². The Balaban J connectivity index is 2.46. The number of carboxylic acids is 1. The molecule has 0 fully saturated rings. The number of nitrogens with two attached hydrogens (primary N) is 1. The van der Waals surface area contributed by atoms with Crippen LogP contribution in [0.2, 0.25) is 0 Å². The minimum atomic E-state index is -1.20. The Bertz CT molecular complexity index is 1240. The summed E-state index contributed by atoms with van der Waals surface area (Å²) in [6.07, 6.45) is 0. The highest BCUT2D eigenvalue weighted by molar-refractivity contribution is 6.06. The second-order valence-corrected chi connectivity index (χ2v) is 7.14. The number of nitrogens with zero attached hydrogens (tertiary/aromatic N) is 2. The zero-order valence-corrected chi connectivity index (χ0v) is 18.2. The molecule has 1 unspecified atom stereocenters. The number of rotatable bonds is 5. The number of carbonyl (C=O) groups excluding carboxylic acids is 2. The highest BCUT2D eigenvalue weighted by Crippen LogP contribution is 2.43. The van der Waals surface area contributed by atoms with Gasteiger partial charge in [0.05, 0.1) is 48.6 Å². The molecule has 9 nitrogen and oxygen atoms in total. The largest absolute Gasteiger partial charge is 0.478 e. The van der Waals surface area contributed by atoms with Crippen LogP contribution in [0.15, 0.2) is 71.2 Å². The molecule has 2 aromatic rings. The van der Waals surface area contributed by atoms with Crippen LogP contribution < -0.4 is 10.6 Å². The quantitative estimate of drug-likeness (QED) is 0.661. The maximum absolute atomic E-state index is 13.0. The van der Waals surface area contributed by atoms with Gasteiger partial charge in [-0.3, -0.25) is 4.90 Å². The lowest BCUT2D eigenvalue weighted by Crippen LogP contribution is -2.41. The van der Waals surface area contributed by atoms with Crippen LogP contribution in [0.5, 0.6) is 0 Å². The predicted octanol–water partition coefficient (Wildman–Crippen LogP) is 2.59. The lowest BCUT2D eigenvalue weighted by Gasteiger charge is -2.36. The van der Waals surface area contributed by atoms with Gasteiger partial charge in [-0.05, 0) is 30.2 Å². The number of methoxy groups -OCH3 is 2. The first kappa shape index (κ1) is 23.1. The van der Waals surface area contributed by atoms with E-state index in [-0.39, 0.29) is 33.9 Å². The molecular formula is C24H21N3O6. The van der Waals surface area contributed by atoms with Crippen LogP contribution in [0.25, 0.3) is 0 Å². The van der Waals surface area contributed by atoms with Crippen LogP contribution in [0, 0.1) is 18.3 Å². The van der Waals surface area contributed by atoms with Crippen LogP contribution in [0.4, 0.5) is 5.69 Å². The van der Waals surface area contributed by atoms with Crippen molar-refractivity contribution in [3.05, 3.63) is 87.9 Å². The first-order valence-corrected chi connectivity index (χ1v) is 9.76. The Kier molecular flexibility index (Phi) is 6.49. The number of allylic oxidation sites excluding steroid dienone is 1. The number of carboxylic acid groups (broad SMARTS) is 1. The lowest BCUT2D eigenvalue weighted by atomic mass is 9.80. The molecule has 1 aliphatic rings. The normalized spacial score (nSPS) is 15.7. The van der Waals surface area contributed by atoms with Crippen molar-refractivity contribution in [2.75, 3.05) is 19.1 Å². The van der Waals surface area contributed by atoms with Gasteiger partial charge in [0.1, 0.15) is 11.5 Å². The molecule has 1 aliphatic heterocycles. The Hall–Kier alpha value is -4.58. The number of anilines is 1. The number of hydrogen-bond acceptors (Lipinski definition) is 8. The number of esters is 2. The molecule has 0 radical (unpaired) electrons. The average molecular weight is 447 g/mol. The molecule has 2 aromatic carbocycles. The summed E-state index contributed by atoms with van der Waals surface area (Å²) in [6.45, 7) is 1.68. The van der Waals surface area contributed by atoms with E-state index < -0.39 is 23.8 Å². The topological polar surface area (TPSA) is 143 Å². The van der Waals surface area contributed by atoms with Gasteiger partial charge in [-0.1, -0.05) is 36.4 Å². The highest BCUT2D eigenvalue weighted by atomic mass is 16.5. The molecule has 0 bridgehead atoms. The third-order valence-corrected chi connectivity index (χ3v) is 5.31. The first-order valence-electron chi connectivity index (χ1n) is 9.76. The van der Waals surface area contributed by atoms with Crippen molar-refractivity contribution >= 4 is 23.6 Å². The first-order chi connectivity index (χ1) is 15.8. The zero-order valence-electron chi connectivity index (χ0n) is 18.2. The van der Waals surface area contributed by atoms with Gasteiger partial charge in [0.15, 0.2) is 0 Å². The van der Waals surface area contributed by atoms with Crippen molar-refractivity contribution in [2.45, 2.75) is 12.8 Å². The Labute approximate surface area is 189 Å². The van der Waals surface area contributed by atoms with Gasteiger partial charge in [-0.15, -0.1) is 0 Å². The van der Waals surface area contributed by atoms with Gasteiger partial charge >= 0.3 is 17.9 Å². The summed E-state index contributed by atoms with van der Waals surface area (Å²) in [5.74, 6) is -4.10. The lowest BCUT2D eigenvalue weighted by molar-refractivity contribution is -0.139. The van der Waals surface area contributed by atoms with E-state index in [2.05, 4.69) is 0 Å². The molecule has 0 saturated heterocycles. The van der Waals surface area contributed by atoms with E-state index in [1.165, 1.54) is 23.1 Å². The van der Waals surface area contributed by atoms with Gasteiger partial charge in [0.25, 0.3) is 0 Å². The van der Waals surface area contributed by atoms with Crippen LogP contribution in [-0.2, 0) is 19.1 Å². The monoisotopic (exact) mass is 447 g/mol. The number of aryl methyl sites for hydroxylation is 1. The zero-order chi connectivity index (χ0) is 24.3. The summed E-state index contributed by atoms with van der Waals surface area (Å²) in [5, 5.41) is 19.5. The molecule has 33 heavy (non-hydrogen) atoms. The fourth-order valence-corrected chi connectivity index (χ4v) is 3.75. The number of benzene rings is 2. The molecule has 9 heteroatoms. The SMILES string of the molecule is COC(=O)C1=C(C(=O)OC)N(c2cc(C(=O)O)ccc2C)C(N)=C(C#N)C1c1ccccc1. The maximum Gasteiger partial charge on any atom is 0.355 e. The number of nitriles is 1. The van der Waals surface area contributed by atoms with Crippen LogP contribution >= 0.6 is 0 Å².